The van der Waals surface area contributed by atoms with Gasteiger partial charge in [0.2, 0.25) is 0 Å². The molecule has 0 aromatic carbocycles. The van der Waals surface area contributed by atoms with Crippen molar-refractivity contribution in [2.24, 2.45) is 0 Å². The summed E-state index contributed by atoms with van der Waals surface area (Å²) in [6.45, 7) is 0. The molecule has 0 amide bonds. The highest BCUT2D eigenvalue weighted by Gasteiger charge is 2.11. The van der Waals surface area contributed by atoms with E-state index in [0.717, 1.165) is 10.3 Å². The number of fused-ring (bicyclic) bond motifs is 1. The highest BCUT2D eigenvalue weighted by Crippen LogP contribution is 2.09. The molecule has 0 atom stereocenters. The Bertz CT molecular complexity index is 545. The molecular formula is C6H6N4O2S. The van der Waals surface area contributed by atoms with E-state index in [0.29, 0.717) is 11.0 Å². The lowest BCUT2D eigenvalue weighted by Gasteiger charge is -1.95. The summed E-state index contributed by atoms with van der Waals surface area (Å²) in [5.41, 5.74) is 0.908. The third-order valence-corrected chi connectivity index (χ3v) is 2.43. The van der Waals surface area contributed by atoms with Crippen molar-refractivity contribution in [3.05, 3.63) is 18.5 Å². The SMILES string of the molecule is CS(=O)(=O)n1nnc2ccncc21. The van der Waals surface area contributed by atoms with Crippen LogP contribution in [0, 0.1) is 0 Å². The quantitative estimate of drug-likeness (QED) is 0.625. The fourth-order valence-electron chi connectivity index (χ4n) is 0.993. The molecule has 0 aliphatic carbocycles. The minimum Gasteiger partial charge on any atom is -0.262 e. The fourth-order valence-corrected chi connectivity index (χ4v) is 1.66. The summed E-state index contributed by atoms with van der Waals surface area (Å²) in [4.78, 5) is 3.79. The van der Waals surface area contributed by atoms with Crippen molar-refractivity contribution < 1.29 is 8.42 Å². The van der Waals surface area contributed by atoms with Gasteiger partial charge < -0.3 is 0 Å². The van der Waals surface area contributed by atoms with Crippen molar-refractivity contribution >= 4 is 21.1 Å². The Morgan fingerprint density at radius 1 is 1.46 bits per heavy atom. The number of hydrogen-bond acceptors (Lipinski definition) is 5. The molecule has 2 aromatic heterocycles. The zero-order valence-corrected chi connectivity index (χ0v) is 7.56. The maximum absolute atomic E-state index is 11.1. The summed E-state index contributed by atoms with van der Waals surface area (Å²) in [5.74, 6) is 0. The Morgan fingerprint density at radius 3 is 2.92 bits per heavy atom. The standard InChI is InChI=1S/C6H6N4O2S/c1-13(11,12)10-6-4-7-3-2-5(6)8-9-10/h2-4H,1H3. The Labute approximate surface area is 74.3 Å². The minimum absolute atomic E-state index is 0.394. The first-order chi connectivity index (χ1) is 6.09. The van der Waals surface area contributed by atoms with Crippen LogP contribution in [0.1, 0.15) is 0 Å². The monoisotopic (exact) mass is 198 g/mol. The molecule has 0 saturated heterocycles. The minimum atomic E-state index is -3.38. The van der Waals surface area contributed by atoms with Crippen LogP contribution in [0.15, 0.2) is 18.5 Å². The molecule has 0 radical (unpaired) electrons. The molecule has 0 spiro atoms. The maximum Gasteiger partial charge on any atom is 0.252 e. The third-order valence-electron chi connectivity index (χ3n) is 1.53. The molecule has 0 N–H and O–H groups in total. The molecule has 0 bridgehead atoms. The molecule has 0 fully saturated rings. The average molecular weight is 198 g/mol. The van der Waals surface area contributed by atoms with Crippen LogP contribution >= 0.6 is 0 Å². The number of hydrogen-bond donors (Lipinski definition) is 0. The van der Waals surface area contributed by atoms with Crippen LogP contribution in [0.25, 0.3) is 11.0 Å². The van der Waals surface area contributed by atoms with Gasteiger partial charge in [-0.05, 0) is 6.07 Å². The van der Waals surface area contributed by atoms with Crippen molar-refractivity contribution in [1.82, 2.24) is 19.4 Å². The van der Waals surface area contributed by atoms with E-state index >= 15 is 0 Å². The van der Waals surface area contributed by atoms with Gasteiger partial charge in [0, 0.05) is 6.20 Å². The lowest BCUT2D eigenvalue weighted by atomic mass is 10.4. The van der Waals surface area contributed by atoms with Gasteiger partial charge in [0.15, 0.2) is 0 Å². The van der Waals surface area contributed by atoms with Gasteiger partial charge in [-0.15, -0.1) is 9.19 Å². The second kappa shape index (κ2) is 2.49. The Kier molecular flexibility index (Phi) is 1.56. The normalized spacial score (nSPS) is 12.1. The molecule has 2 aromatic rings. The molecule has 2 heterocycles. The van der Waals surface area contributed by atoms with Crippen LogP contribution in [0.3, 0.4) is 0 Å². The van der Waals surface area contributed by atoms with E-state index in [1.54, 1.807) is 6.07 Å². The lowest BCUT2D eigenvalue weighted by molar-refractivity contribution is 0.585. The van der Waals surface area contributed by atoms with E-state index in [9.17, 15) is 8.42 Å². The maximum atomic E-state index is 11.1. The van der Waals surface area contributed by atoms with Crippen LogP contribution in [-0.2, 0) is 10.0 Å². The van der Waals surface area contributed by atoms with Crippen molar-refractivity contribution in [3.63, 3.8) is 0 Å². The number of rotatable bonds is 1. The Hall–Kier alpha value is -1.50. The summed E-state index contributed by atoms with van der Waals surface area (Å²) >= 11 is 0. The summed E-state index contributed by atoms with van der Waals surface area (Å²) in [6.07, 6.45) is 4.01. The van der Waals surface area contributed by atoms with Crippen molar-refractivity contribution in [1.29, 1.82) is 0 Å². The van der Waals surface area contributed by atoms with Gasteiger partial charge in [-0.3, -0.25) is 4.98 Å². The van der Waals surface area contributed by atoms with Crippen LogP contribution in [-0.4, -0.2) is 34.1 Å². The zero-order valence-electron chi connectivity index (χ0n) is 6.75. The van der Waals surface area contributed by atoms with E-state index in [1.807, 2.05) is 0 Å². The molecule has 7 heteroatoms. The molecule has 0 aliphatic rings. The first-order valence-electron chi connectivity index (χ1n) is 3.45. The summed E-state index contributed by atoms with van der Waals surface area (Å²) in [7, 11) is -3.38. The Balaban J connectivity index is 2.87. The van der Waals surface area contributed by atoms with Crippen LogP contribution < -0.4 is 0 Å². The van der Waals surface area contributed by atoms with E-state index in [4.69, 9.17) is 0 Å². The molecule has 2 rings (SSSR count). The van der Waals surface area contributed by atoms with E-state index < -0.39 is 10.0 Å². The van der Waals surface area contributed by atoms with Crippen molar-refractivity contribution in [3.8, 4) is 0 Å². The van der Waals surface area contributed by atoms with Gasteiger partial charge in [-0.1, -0.05) is 5.21 Å². The first kappa shape index (κ1) is 8.11. The lowest BCUT2D eigenvalue weighted by Crippen LogP contribution is -2.11. The fraction of sp³-hybridized carbons (Fsp3) is 0.167. The topological polar surface area (TPSA) is 77.7 Å². The first-order valence-corrected chi connectivity index (χ1v) is 5.30. The third kappa shape index (κ3) is 1.26. The highest BCUT2D eigenvalue weighted by molar-refractivity contribution is 7.89. The van der Waals surface area contributed by atoms with Crippen LogP contribution in [0.5, 0.6) is 0 Å². The second-order valence-corrected chi connectivity index (χ2v) is 4.37. The molecule has 0 aliphatic heterocycles. The van der Waals surface area contributed by atoms with Crippen LogP contribution in [0.4, 0.5) is 0 Å². The predicted octanol–water partition coefficient (Wildman–Crippen LogP) is -0.366. The number of nitrogens with zero attached hydrogens (tertiary/aromatic N) is 4. The van der Waals surface area contributed by atoms with Gasteiger partial charge >= 0.3 is 0 Å². The molecular weight excluding hydrogens is 192 g/mol. The predicted molar refractivity (Wildman–Crippen MR) is 45.6 cm³/mol. The summed E-state index contributed by atoms with van der Waals surface area (Å²) in [6, 6.07) is 1.60. The molecule has 13 heavy (non-hydrogen) atoms. The Morgan fingerprint density at radius 2 is 2.23 bits per heavy atom. The highest BCUT2D eigenvalue weighted by atomic mass is 32.2. The average Bonchev–Trinajstić information content (AvgIpc) is 2.45. The van der Waals surface area contributed by atoms with Crippen molar-refractivity contribution in [2.45, 2.75) is 0 Å². The molecule has 6 nitrogen and oxygen atoms in total. The molecule has 0 unspecified atom stereocenters. The number of pyridine rings is 1. The second-order valence-electron chi connectivity index (χ2n) is 2.56. The summed E-state index contributed by atoms with van der Waals surface area (Å²) < 4.78 is 23.1. The zero-order chi connectivity index (χ0) is 9.47. The number of aromatic nitrogens is 4. The van der Waals surface area contributed by atoms with Gasteiger partial charge in [-0.2, -0.15) is 0 Å². The van der Waals surface area contributed by atoms with Crippen molar-refractivity contribution in [2.75, 3.05) is 6.26 Å². The van der Waals surface area contributed by atoms with Gasteiger partial charge in [-0.25, -0.2) is 8.42 Å². The molecule has 68 valence electrons. The van der Waals surface area contributed by atoms with Gasteiger partial charge in [0.1, 0.15) is 11.0 Å². The summed E-state index contributed by atoms with van der Waals surface area (Å²) in [5, 5.41) is 7.18. The van der Waals surface area contributed by atoms with Gasteiger partial charge in [0.05, 0.1) is 12.5 Å². The van der Waals surface area contributed by atoms with Crippen LogP contribution in [0.2, 0.25) is 0 Å². The van der Waals surface area contributed by atoms with Gasteiger partial charge in [0.25, 0.3) is 10.0 Å². The molecule has 0 saturated carbocycles. The van der Waals surface area contributed by atoms with E-state index in [1.165, 1.54) is 12.4 Å². The van der Waals surface area contributed by atoms with E-state index in [-0.39, 0.29) is 0 Å². The largest absolute Gasteiger partial charge is 0.262 e. The van der Waals surface area contributed by atoms with E-state index in [2.05, 4.69) is 15.3 Å². The smallest absolute Gasteiger partial charge is 0.252 e.